The summed E-state index contributed by atoms with van der Waals surface area (Å²) in [6.07, 6.45) is 0. The maximum absolute atomic E-state index is 12.6. The number of amides is 1. The van der Waals surface area contributed by atoms with Crippen LogP contribution >= 0.6 is 0 Å². The van der Waals surface area contributed by atoms with Gasteiger partial charge in [-0.2, -0.15) is 0 Å². The molecule has 7 heteroatoms. The molecule has 1 heterocycles. The van der Waals surface area contributed by atoms with Gasteiger partial charge < -0.3 is 15.4 Å². The number of nitrogens with one attached hydrogen (secondary N) is 2. The highest BCUT2D eigenvalue weighted by Gasteiger charge is 2.12. The molecule has 0 fully saturated rings. The van der Waals surface area contributed by atoms with Crippen molar-refractivity contribution in [1.29, 1.82) is 0 Å². The minimum Gasteiger partial charge on any atom is -0.462 e. The molecule has 0 atom stereocenters. The van der Waals surface area contributed by atoms with Crippen molar-refractivity contribution in [3.05, 3.63) is 77.7 Å². The summed E-state index contributed by atoms with van der Waals surface area (Å²) in [5.74, 6) is 0.235. The number of benzene rings is 2. The van der Waals surface area contributed by atoms with Crippen LogP contribution in [0.5, 0.6) is 0 Å². The zero-order valence-electron chi connectivity index (χ0n) is 15.6. The van der Waals surface area contributed by atoms with Crippen LogP contribution in [0.1, 0.15) is 33.6 Å². The number of rotatable bonds is 6. The van der Waals surface area contributed by atoms with Crippen molar-refractivity contribution in [1.82, 2.24) is 9.97 Å². The van der Waals surface area contributed by atoms with Crippen molar-refractivity contribution >= 4 is 29.1 Å². The molecule has 0 aliphatic carbocycles. The fourth-order valence-corrected chi connectivity index (χ4v) is 2.52. The Bertz CT molecular complexity index is 973. The molecule has 28 heavy (non-hydrogen) atoms. The topological polar surface area (TPSA) is 93.2 Å². The van der Waals surface area contributed by atoms with Crippen molar-refractivity contribution in [3.8, 4) is 0 Å². The number of carbonyl (C=O) groups excluding carboxylic acids is 2. The van der Waals surface area contributed by atoms with E-state index in [4.69, 9.17) is 4.74 Å². The molecule has 142 valence electrons. The first-order valence-electron chi connectivity index (χ1n) is 8.81. The number of nitrogens with zero attached hydrogens (tertiary/aromatic N) is 2. The van der Waals surface area contributed by atoms with Gasteiger partial charge in [0.2, 0.25) is 0 Å². The summed E-state index contributed by atoms with van der Waals surface area (Å²) >= 11 is 0. The lowest BCUT2D eigenvalue weighted by molar-refractivity contribution is 0.0526. The molecule has 1 aromatic heterocycles. The van der Waals surface area contributed by atoms with Gasteiger partial charge in [0.25, 0.3) is 5.91 Å². The Labute approximate surface area is 162 Å². The van der Waals surface area contributed by atoms with Gasteiger partial charge in [-0.15, -0.1) is 0 Å². The molecule has 0 radical (unpaired) electrons. The monoisotopic (exact) mass is 376 g/mol. The summed E-state index contributed by atoms with van der Waals surface area (Å²) in [6.45, 7) is 3.78. The molecule has 0 spiro atoms. The molecule has 2 aromatic carbocycles. The fraction of sp³-hybridized carbons (Fsp3) is 0.143. The van der Waals surface area contributed by atoms with Crippen LogP contribution in [0.25, 0.3) is 0 Å². The molecule has 7 nitrogen and oxygen atoms in total. The summed E-state index contributed by atoms with van der Waals surface area (Å²) < 4.78 is 4.94. The predicted octanol–water partition coefficient (Wildman–Crippen LogP) is 3.96. The Morgan fingerprint density at radius 2 is 1.68 bits per heavy atom. The lowest BCUT2D eigenvalue weighted by atomic mass is 10.2. The van der Waals surface area contributed by atoms with Crippen LogP contribution in [0.3, 0.4) is 0 Å². The van der Waals surface area contributed by atoms with Crippen molar-refractivity contribution in [2.45, 2.75) is 13.8 Å². The zero-order valence-corrected chi connectivity index (χ0v) is 15.6. The highest BCUT2D eigenvalue weighted by molar-refractivity contribution is 6.03. The van der Waals surface area contributed by atoms with Crippen molar-refractivity contribution in [2.24, 2.45) is 0 Å². The average molecular weight is 376 g/mol. The summed E-state index contributed by atoms with van der Waals surface area (Å²) in [5.41, 5.74) is 2.07. The van der Waals surface area contributed by atoms with E-state index >= 15 is 0 Å². The molecule has 0 bridgehead atoms. The van der Waals surface area contributed by atoms with Crippen molar-refractivity contribution in [2.75, 3.05) is 17.2 Å². The van der Waals surface area contributed by atoms with Gasteiger partial charge in [-0.1, -0.05) is 18.2 Å². The van der Waals surface area contributed by atoms with Gasteiger partial charge in [0.15, 0.2) is 0 Å². The van der Waals surface area contributed by atoms with E-state index in [-0.39, 0.29) is 11.6 Å². The molecule has 3 aromatic rings. The first kappa shape index (κ1) is 19.0. The van der Waals surface area contributed by atoms with E-state index in [1.807, 2.05) is 30.3 Å². The number of ether oxygens (including phenoxy) is 1. The molecule has 1 amide bonds. The van der Waals surface area contributed by atoms with Crippen LogP contribution in [-0.2, 0) is 4.74 Å². The first-order valence-corrected chi connectivity index (χ1v) is 8.81. The molecule has 0 saturated carbocycles. The molecule has 2 N–H and O–H groups in total. The number of aryl methyl sites for hydroxylation is 1. The highest BCUT2D eigenvalue weighted by Crippen LogP contribution is 2.16. The number of anilines is 3. The van der Waals surface area contributed by atoms with E-state index in [9.17, 15) is 9.59 Å². The van der Waals surface area contributed by atoms with Gasteiger partial charge in [0.1, 0.15) is 17.3 Å². The van der Waals surface area contributed by atoms with E-state index < -0.39 is 5.97 Å². The van der Waals surface area contributed by atoms with Crippen molar-refractivity contribution < 1.29 is 14.3 Å². The number of aromatic nitrogens is 2. The third-order valence-electron chi connectivity index (χ3n) is 3.77. The molecule has 0 unspecified atom stereocenters. The Hall–Kier alpha value is -3.74. The van der Waals surface area contributed by atoms with Crippen LogP contribution in [0, 0.1) is 6.92 Å². The van der Waals surface area contributed by atoms with Gasteiger partial charge >= 0.3 is 5.97 Å². The summed E-state index contributed by atoms with van der Waals surface area (Å²) in [4.78, 5) is 32.8. The highest BCUT2D eigenvalue weighted by atomic mass is 16.5. The second-order valence-corrected chi connectivity index (χ2v) is 5.93. The Morgan fingerprint density at radius 1 is 0.964 bits per heavy atom. The summed E-state index contributed by atoms with van der Waals surface area (Å²) in [5, 5.41) is 5.92. The molecular formula is C21H20N4O3. The molecule has 3 rings (SSSR count). The SMILES string of the molecule is CCOC(=O)c1ccc(NC(=O)c2cc(Nc3ccccc3)nc(C)n2)cc1. The van der Waals surface area contributed by atoms with Gasteiger partial charge in [-0.25, -0.2) is 14.8 Å². The number of esters is 1. The van der Waals surface area contributed by atoms with E-state index in [0.717, 1.165) is 5.69 Å². The average Bonchev–Trinajstić information content (AvgIpc) is 2.69. The van der Waals surface area contributed by atoms with Gasteiger partial charge in [0, 0.05) is 17.4 Å². The van der Waals surface area contributed by atoms with Crippen LogP contribution in [-0.4, -0.2) is 28.5 Å². The zero-order chi connectivity index (χ0) is 19.9. The maximum Gasteiger partial charge on any atom is 0.338 e. The van der Waals surface area contributed by atoms with Crippen LogP contribution in [0.4, 0.5) is 17.2 Å². The molecule has 0 aliphatic heterocycles. The summed E-state index contributed by atoms with van der Waals surface area (Å²) in [7, 11) is 0. The normalized spacial score (nSPS) is 10.2. The lowest BCUT2D eigenvalue weighted by Crippen LogP contribution is -2.15. The second-order valence-electron chi connectivity index (χ2n) is 5.93. The largest absolute Gasteiger partial charge is 0.462 e. The predicted molar refractivity (Wildman–Crippen MR) is 107 cm³/mol. The third-order valence-corrected chi connectivity index (χ3v) is 3.77. The second kappa shape index (κ2) is 8.77. The Balaban J connectivity index is 1.72. The maximum atomic E-state index is 12.6. The van der Waals surface area contributed by atoms with Gasteiger partial charge in [-0.05, 0) is 50.2 Å². The molecule has 0 saturated heterocycles. The number of para-hydroxylation sites is 1. The van der Waals surface area contributed by atoms with Gasteiger partial charge in [0.05, 0.1) is 12.2 Å². The number of carbonyl (C=O) groups is 2. The molecular weight excluding hydrogens is 356 g/mol. The minimum absolute atomic E-state index is 0.236. The van der Waals surface area contributed by atoms with Crippen LogP contribution in [0.2, 0.25) is 0 Å². The summed E-state index contributed by atoms with van der Waals surface area (Å²) in [6, 6.07) is 17.6. The fourth-order valence-electron chi connectivity index (χ4n) is 2.52. The van der Waals surface area contributed by atoms with Gasteiger partial charge in [-0.3, -0.25) is 4.79 Å². The van der Waals surface area contributed by atoms with Crippen LogP contribution < -0.4 is 10.6 Å². The lowest BCUT2D eigenvalue weighted by Gasteiger charge is -2.09. The standard InChI is InChI=1S/C21H20N4O3/c1-3-28-21(27)15-9-11-17(12-10-15)25-20(26)18-13-19(23-14(2)22-18)24-16-7-5-4-6-8-16/h4-13H,3H2,1-2H3,(H,25,26)(H,22,23,24). The van der Waals surface area contributed by atoms with E-state index in [2.05, 4.69) is 20.6 Å². The van der Waals surface area contributed by atoms with Crippen molar-refractivity contribution in [3.63, 3.8) is 0 Å². The number of hydrogen-bond acceptors (Lipinski definition) is 6. The number of hydrogen-bond donors (Lipinski definition) is 2. The van der Waals surface area contributed by atoms with Crippen LogP contribution in [0.15, 0.2) is 60.7 Å². The Kier molecular flexibility index (Phi) is 5.96. The quantitative estimate of drug-likeness (QED) is 0.633. The van der Waals surface area contributed by atoms with E-state index in [1.54, 1.807) is 44.2 Å². The third kappa shape index (κ3) is 4.91. The smallest absolute Gasteiger partial charge is 0.338 e. The van der Waals surface area contributed by atoms with E-state index in [1.165, 1.54) is 0 Å². The van der Waals surface area contributed by atoms with E-state index in [0.29, 0.717) is 29.5 Å². The first-order chi connectivity index (χ1) is 13.5. The Morgan fingerprint density at radius 3 is 2.36 bits per heavy atom. The minimum atomic E-state index is -0.400. The molecule has 0 aliphatic rings.